The molecule has 3 N–H and O–H groups in total. The molecule has 2 atom stereocenters. The van der Waals surface area contributed by atoms with Crippen molar-refractivity contribution in [1.29, 1.82) is 0 Å². The van der Waals surface area contributed by atoms with Crippen molar-refractivity contribution in [2.75, 3.05) is 24.7 Å². The van der Waals surface area contributed by atoms with Gasteiger partial charge in [0.2, 0.25) is 5.91 Å². The molecule has 1 unspecified atom stereocenters. The number of hydrogen-bond donors (Lipinski definition) is 2. The summed E-state index contributed by atoms with van der Waals surface area (Å²) in [6, 6.07) is 6.46. The second-order valence-corrected chi connectivity index (χ2v) is 11.6. The monoisotopic (exact) mass is 593 g/mol. The lowest BCUT2D eigenvalue weighted by Crippen LogP contribution is -2.42. The molecule has 224 valence electrons. The minimum absolute atomic E-state index is 0.0341. The predicted octanol–water partition coefficient (Wildman–Crippen LogP) is 5.16. The first-order valence-electron chi connectivity index (χ1n) is 13.8. The number of rotatable bonds is 5. The lowest BCUT2D eigenvalue weighted by atomic mass is 9.87. The maximum atomic E-state index is 13.1. The van der Waals surface area contributed by atoms with Gasteiger partial charge < -0.3 is 20.7 Å². The zero-order valence-electron chi connectivity index (χ0n) is 23.8. The van der Waals surface area contributed by atoms with Crippen molar-refractivity contribution >= 4 is 29.0 Å². The number of halogens is 3. The summed E-state index contributed by atoms with van der Waals surface area (Å²) in [5, 5.41) is 2.41. The van der Waals surface area contributed by atoms with Crippen LogP contribution in [-0.4, -0.2) is 55.8 Å². The van der Waals surface area contributed by atoms with Crippen LogP contribution in [-0.2, 0) is 11.0 Å². The van der Waals surface area contributed by atoms with Gasteiger partial charge in [0, 0.05) is 53.6 Å². The number of nitrogen functional groups attached to an aromatic ring is 1. The minimum atomic E-state index is -4.57. The number of nitrogens with one attached hydrogen (secondary N) is 1. The molecule has 3 aromatic heterocycles. The summed E-state index contributed by atoms with van der Waals surface area (Å²) >= 11 is 0. The van der Waals surface area contributed by atoms with E-state index in [1.165, 1.54) is 19.2 Å². The lowest BCUT2D eigenvalue weighted by Gasteiger charge is -2.34. The molecule has 13 heteroatoms. The van der Waals surface area contributed by atoms with Crippen molar-refractivity contribution < 1.29 is 27.5 Å². The van der Waals surface area contributed by atoms with Crippen LogP contribution in [0.15, 0.2) is 48.9 Å². The Kier molecular flexibility index (Phi) is 6.78. The van der Waals surface area contributed by atoms with Crippen LogP contribution < -0.4 is 15.8 Å². The van der Waals surface area contributed by atoms with Crippen molar-refractivity contribution in [1.82, 2.24) is 24.3 Å². The molecule has 2 aliphatic heterocycles. The number of nitrogens with zero attached hydrogens (tertiary/aromatic N) is 5. The number of methoxy groups -OCH3 is 1. The van der Waals surface area contributed by atoms with E-state index < -0.39 is 17.6 Å². The summed E-state index contributed by atoms with van der Waals surface area (Å²) in [5.41, 5.74) is 6.80. The number of alkyl halides is 3. The lowest BCUT2D eigenvalue weighted by molar-refractivity contribution is -0.138. The first-order valence-corrected chi connectivity index (χ1v) is 13.8. The van der Waals surface area contributed by atoms with Gasteiger partial charge in [-0.3, -0.25) is 14.0 Å². The van der Waals surface area contributed by atoms with Crippen LogP contribution in [0.25, 0.3) is 16.8 Å². The number of carbonyl (C=O) groups is 2. The molecule has 0 aliphatic carbocycles. The Morgan fingerprint density at radius 2 is 1.93 bits per heavy atom. The quantitative estimate of drug-likeness (QED) is 0.327. The highest BCUT2D eigenvalue weighted by molar-refractivity contribution is 6.04. The van der Waals surface area contributed by atoms with Crippen LogP contribution in [0.2, 0.25) is 0 Å². The van der Waals surface area contributed by atoms with Gasteiger partial charge in [-0.15, -0.1) is 0 Å². The van der Waals surface area contributed by atoms with Crippen molar-refractivity contribution in [2.45, 2.75) is 51.2 Å². The Labute approximate surface area is 245 Å². The number of carbonyl (C=O) groups excluding carboxylic acids is 2. The molecule has 2 amide bonds. The predicted molar refractivity (Wildman–Crippen MR) is 152 cm³/mol. The highest BCUT2D eigenvalue weighted by atomic mass is 19.4. The van der Waals surface area contributed by atoms with E-state index in [0.29, 0.717) is 29.1 Å². The summed E-state index contributed by atoms with van der Waals surface area (Å²) in [6.07, 6.45) is 2.36. The van der Waals surface area contributed by atoms with E-state index in [1.807, 2.05) is 23.1 Å². The fraction of sp³-hybridized carbons (Fsp3) is 0.367. The standard InChI is InChI=1S/C30H30F3N7O3/c1-29(2)14-19-6-4-17(15-40(19)28(29)42)26-38-23(24-25(34)36-10-11-39(24)26)20-7-5-16(12-21(20)43-3)27(41)37-22-13-18(8-9-35-22)30(31,32)33/h5,7-13,17,19H,4,6,14-15H2,1-3H3,(H2,34,36)(H,35,37,41)/t17-,19?/m0/s1. The molecule has 2 aliphatic rings. The number of amides is 2. The van der Waals surface area contributed by atoms with Crippen molar-refractivity contribution in [3.05, 3.63) is 65.9 Å². The van der Waals surface area contributed by atoms with E-state index in [9.17, 15) is 22.8 Å². The summed E-state index contributed by atoms with van der Waals surface area (Å²) in [6.45, 7) is 4.53. The maximum absolute atomic E-state index is 13.1. The Balaban J connectivity index is 1.34. The maximum Gasteiger partial charge on any atom is 0.416 e. The summed E-state index contributed by atoms with van der Waals surface area (Å²) in [4.78, 5) is 41.1. The van der Waals surface area contributed by atoms with E-state index in [0.717, 1.165) is 43.4 Å². The molecule has 0 spiro atoms. The van der Waals surface area contributed by atoms with E-state index in [1.54, 1.807) is 18.5 Å². The summed E-state index contributed by atoms with van der Waals surface area (Å²) in [7, 11) is 1.44. The number of benzene rings is 1. The van der Waals surface area contributed by atoms with Gasteiger partial charge in [0.1, 0.15) is 34.4 Å². The van der Waals surface area contributed by atoms with Crippen LogP contribution in [0.3, 0.4) is 0 Å². The van der Waals surface area contributed by atoms with E-state index >= 15 is 0 Å². The molecule has 0 radical (unpaired) electrons. The Hall–Kier alpha value is -4.68. The van der Waals surface area contributed by atoms with Crippen LogP contribution in [0, 0.1) is 5.41 Å². The number of imidazole rings is 1. The topological polar surface area (TPSA) is 128 Å². The van der Waals surface area contributed by atoms with Gasteiger partial charge in [-0.25, -0.2) is 15.0 Å². The normalized spacial score (nSPS) is 19.9. The molecule has 4 aromatic rings. The summed E-state index contributed by atoms with van der Waals surface area (Å²) < 4.78 is 46.8. The first-order chi connectivity index (χ1) is 20.4. The molecule has 0 bridgehead atoms. The van der Waals surface area contributed by atoms with E-state index in [2.05, 4.69) is 15.3 Å². The number of ether oxygens (including phenoxy) is 1. The van der Waals surface area contributed by atoms with Gasteiger partial charge >= 0.3 is 6.18 Å². The second-order valence-electron chi connectivity index (χ2n) is 11.6. The number of nitrogens with two attached hydrogens (primary N) is 1. The molecule has 6 rings (SSSR count). The second kappa shape index (κ2) is 10.2. The molecule has 1 aromatic carbocycles. The van der Waals surface area contributed by atoms with Crippen LogP contribution in [0.1, 0.15) is 60.8 Å². The average molecular weight is 594 g/mol. The van der Waals surface area contributed by atoms with E-state index in [4.69, 9.17) is 15.5 Å². The highest BCUT2D eigenvalue weighted by Crippen LogP contribution is 2.44. The van der Waals surface area contributed by atoms with Gasteiger partial charge in [0.05, 0.1) is 12.7 Å². The molecule has 10 nitrogen and oxygen atoms in total. The smallest absolute Gasteiger partial charge is 0.416 e. The third-order valence-electron chi connectivity index (χ3n) is 8.32. The number of anilines is 2. The van der Waals surface area contributed by atoms with E-state index in [-0.39, 0.29) is 40.5 Å². The van der Waals surface area contributed by atoms with Crippen molar-refractivity contribution in [3.63, 3.8) is 0 Å². The zero-order chi connectivity index (χ0) is 30.7. The van der Waals surface area contributed by atoms with Crippen molar-refractivity contribution in [2.24, 2.45) is 5.41 Å². The largest absolute Gasteiger partial charge is 0.496 e. The van der Waals surface area contributed by atoms with Gasteiger partial charge in [-0.05, 0) is 49.6 Å². The molecule has 2 fully saturated rings. The third-order valence-corrected chi connectivity index (χ3v) is 8.32. The van der Waals surface area contributed by atoms with Crippen LogP contribution in [0.5, 0.6) is 5.75 Å². The third kappa shape index (κ3) is 5.02. The zero-order valence-corrected chi connectivity index (χ0v) is 23.8. The molecular weight excluding hydrogens is 563 g/mol. The van der Waals surface area contributed by atoms with Crippen LogP contribution in [0.4, 0.5) is 24.8 Å². The minimum Gasteiger partial charge on any atom is -0.496 e. The van der Waals surface area contributed by atoms with Gasteiger partial charge in [0.15, 0.2) is 0 Å². The fourth-order valence-corrected chi connectivity index (χ4v) is 6.22. The molecule has 43 heavy (non-hydrogen) atoms. The molecule has 5 heterocycles. The number of pyridine rings is 1. The number of aromatic nitrogens is 4. The molecule has 0 saturated carbocycles. The number of hydrogen-bond acceptors (Lipinski definition) is 7. The first kappa shape index (κ1) is 28.4. The Morgan fingerprint density at radius 3 is 2.67 bits per heavy atom. The summed E-state index contributed by atoms with van der Waals surface area (Å²) in [5.74, 6) is 0.523. The Morgan fingerprint density at radius 1 is 1.14 bits per heavy atom. The molecular formula is C30H30F3N7O3. The van der Waals surface area contributed by atoms with Gasteiger partial charge in [-0.2, -0.15) is 13.2 Å². The average Bonchev–Trinajstić information content (AvgIpc) is 3.47. The van der Waals surface area contributed by atoms with Crippen molar-refractivity contribution in [3.8, 4) is 17.0 Å². The fourth-order valence-electron chi connectivity index (χ4n) is 6.22. The number of fused-ring (bicyclic) bond motifs is 2. The SMILES string of the molecule is COc1cc(C(=O)Nc2cc(C(F)(F)F)ccn2)ccc1-c1nc([C@H]2CCC3CC(C)(C)C(=O)N3C2)n2ccnc(N)c12. The van der Waals surface area contributed by atoms with Crippen LogP contribution >= 0.6 is 0 Å². The highest BCUT2D eigenvalue weighted by Gasteiger charge is 2.48. The number of piperidine rings is 1. The van der Waals surface area contributed by atoms with Gasteiger partial charge in [0.25, 0.3) is 5.91 Å². The van der Waals surface area contributed by atoms with Gasteiger partial charge in [-0.1, -0.05) is 13.8 Å². The molecule has 2 saturated heterocycles. The Bertz CT molecular complexity index is 1750.